The van der Waals surface area contributed by atoms with Crippen molar-refractivity contribution in [3.8, 4) is 0 Å². The van der Waals surface area contributed by atoms with Crippen molar-refractivity contribution in [1.29, 1.82) is 0 Å². The molecule has 2 N–H and O–H groups in total. The summed E-state index contributed by atoms with van der Waals surface area (Å²) in [6.45, 7) is 8.44. The molecule has 1 spiro atoms. The van der Waals surface area contributed by atoms with E-state index >= 15 is 0 Å². The third kappa shape index (κ3) is 3.58. The van der Waals surface area contributed by atoms with E-state index in [2.05, 4.69) is 38.3 Å². The number of rotatable bonds is 4. The average Bonchev–Trinajstić information content (AvgIpc) is 2.82. The van der Waals surface area contributed by atoms with Crippen LogP contribution in [0.1, 0.15) is 85.5 Å². The van der Waals surface area contributed by atoms with E-state index < -0.39 is 11.6 Å². The number of carbonyl (C=O) groups is 3. The van der Waals surface area contributed by atoms with Gasteiger partial charge in [-0.1, -0.05) is 20.8 Å². The van der Waals surface area contributed by atoms with Crippen LogP contribution in [0.3, 0.4) is 0 Å². The highest BCUT2D eigenvalue weighted by molar-refractivity contribution is 6.09. The lowest BCUT2D eigenvalue weighted by Gasteiger charge is -2.59. The lowest BCUT2D eigenvalue weighted by molar-refractivity contribution is -0.138. The molecule has 6 fully saturated rings. The Bertz CT molecular complexity index is 771. The van der Waals surface area contributed by atoms with Gasteiger partial charge in [0.1, 0.15) is 12.1 Å². The second-order valence-corrected chi connectivity index (χ2v) is 12.8. The minimum absolute atomic E-state index is 0.00804. The van der Waals surface area contributed by atoms with Gasteiger partial charge in [-0.05, 0) is 99.2 Å². The summed E-state index contributed by atoms with van der Waals surface area (Å²) in [4.78, 5) is 40.2. The van der Waals surface area contributed by atoms with Crippen LogP contribution in [0, 0.1) is 34.5 Å². The van der Waals surface area contributed by atoms with E-state index in [1.165, 1.54) is 38.5 Å². The molecule has 4 bridgehead atoms. The summed E-state index contributed by atoms with van der Waals surface area (Å²) in [7, 11) is 0. The van der Waals surface area contributed by atoms with Crippen molar-refractivity contribution in [1.82, 2.24) is 15.5 Å². The number of amides is 4. The maximum absolute atomic E-state index is 13.3. The van der Waals surface area contributed by atoms with Gasteiger partial charge in [-0.3, -0.25) is 14.5 Å². The molecule has 3 atom stereocenters. The summed E-state index contributed by atoms with van der Waals surface area (Å²) >= 11 is 0. The fraction of sp³-hybridized carbons (Fsp3) is 0.880. The predicted octanol–water partition coefficient (Wildman–Crippen LogP) is 3.84. The number of imide groups is 1. The van der Waals surface area contributed by atoms with Gasteiger partial charge in [0.2, 0.25) is 5.91 Å². The van der Waals surface area contributed by atoms with Crippen LogP contribution >= 0.6 is 0 Å². The molecule has 31 heavy (non-hydrogen) atoms. The third-order valence-corrected chi connectivity index (χ3v) is 9.31. The van der Waals surface area contributed by atoms with E-state index in [0.29, 0.717) is 18.8 Å². The standard InChI is InChI=1S/C25H39N3O3/c1-15-8-23(3,4)14-25(9-15)21(30)28(22(31)27-25)13-20(29)26-16(2)24-10-17-5-18(11-24)7-19(6-17)12-24/h15-19H,5-14H2,1-4H3,(H,26,29)(H,27,31)/t15-,16+,17?,18?,19?,24?,25-/m1/s1. The lowest BCUT2D eigenvalue weighted by Crippen LogP contribution is -2.57. The van der Waals surface area contributed by atoms with Crippen LogP contribution in [0.4, 0.5) is 4.79 Å². The van der Waals surface area contributed by atoms with Crippen molar-refractivity contribution in [2.24, 2.45) is 34.5 Å². The predicted molar refractivity (Wildman–Crippen MR) is 118 cm³/mol. The maximum Gasteiger partial charge on any atom is 0.325 e. The molecule has 0 radical (unpaired) electrons. The van der Waals surface area contributed by atoms with Gasteiger partial charge in [0.25, 0.3) is 5.91 Å². The zero-order valence-electron chi connectivity index (χ0n) is 19.6. The van der Waals surface area contributed by atoms with Gasteiger partial charge in [-0.15, -0.1) is 0 Å². The maximum atomic E-state index is 13.3. The molecule has 0 aromatic carbocycles. The van der Waals surface area contributed by atoms with Crippen LogP contribution in [-0.4, -0.2) is 40.9 Å². The Kier molecular flexibility index (Phi) is 4.77. The van der Waals surface area contributed by atoms with Crippen LogP contribution in [0.15, 0.2) is 0 Å². The molecule has 6 heteroatoms. The summed E-state index contributed by atoms with van der Waals surface area (Å²) in [5.74, 6) is 2.42. The Morgan fingerprint density at radius 3 is 2.19 bits per heavy atom. The smallest absolute Gasteiger partial charge is 0.325 e. The lowest BCUT2D eigenvalue weighted by atomic mass is 9.48. The van der Waals surface area contributed by atoms with Crippen LogP contribution in [-0.2, 0) is 9.59 Å². The van der Waals surface area contributed by atoms with Crippen molar-refractivity contribution >= 4 is 17.8 Å². The fourth-order valence-electron chi connectivity index (χ4n) is 8.94. The first-order valence-electron chi connectivity index (χ1n) is 12.4. The molecule has 4 amide bonds. The van der Waals surface area contributed by atoms with Gasteiger partial charge in [0, 0.05) is 6.04 Å². The summed E-state index contributed by atoms with van der Waals surface area (Å²) in [5, 5.41) is 6.19. The van der Waals surface area contributed by atoms with E-state index in [9.17, 15) is 14.4 Å². The van der Waals surface area contributed by atoms with Crippen molar-refractivity contribution < 1.29 is 14.4 Å². The van der Waals surface area contributed by atoms with E-state index in [4.69, 9.17) is 0 Å². The van der Waals surface area contributed by atoms with E-state index in [0.717, 1.165) is 29.1 Å². The van der Waals surface area contributed by atoms with E-state index in [-0.39, 0.29) is 35.2 Å². The molecule has 6 nitrogen and oxygen atoms in total. The average molecular weight is 430 g/mol. The highest BCUT2D eigenvalue weighted by atomic mass is 16.2. The Balaban J connectivity index is 1.25. The Hall–Kier alpha value is -1.59. The zero-order valence-corrected chi connectivity index (χ0v) is 19.6. The van der Waals surface area contributed by atoms with Crippen molar-refractivity contribution in [2.45, 2.75) is 97.1 Å². The molecule has 0 aromatic heterocycles. The van der Waals surface area contributed by atoms with E-state index in [1.807, 2.05) is 0 Å². The van der Waals surface area contributed by atoms with Gasteiger partial charge in [-0.2, -0.15) is 0 Å². The van der Waals surface area contributed by atoms with E-state index in [1.54, 1.807) is 0 Å². The topological polar surface area (TPSA) is 78.5 Å². The van der Waals surface area contributed by atoms with Gasteiger partial charge in [0.15, 0.2) is 0 Å². The SMILES string of the molecule is C[C@@H]1CC(C)(C)C[C@@]2(C1)NC(=O)N(CC(=O)N[C@@H](C)C13CC4CC(CC(C4)C1)C3)C2=O. The summed E-state index contributed by atoms with van der Waals surface area (Å²) in [6.07, 6.45) is 10.1. The molecule has 0 aromatic rings. The number of carbonyl (C=O) groups excluding carboxylic acids is 3. The molecular formula is C25H39N3O3. The third-order valence-electron chi connectivity index (χ3n) is 9.31. The molecule has 6 aliphatic rings. The zero-order chi connectivity index (χ0) is 22.2. The first kappa shape index (κ1) is 21.3. The molecule has 1 saturated heterocycles. The molecule has 1 heterocycles. The summed E-state index contributed by atoms with van der Waals surface area (Å²) in [6, 6.07) is -0.315. The quantitative estimate of drug-likeness (QED) is 0.667. The monoisotopic (exact) mass is 429 g/mol. The van der Waals surface area contributed by atoms with Crippen LogP contribution in [0.5, 0.6) is 0 Å². The first-order valence-corrected chi connectivity index (χ1v) is 12.4. The molecule has 6 rings (SSSR count). The minimum Gasteiger partial charge on any atom is -0.352 e. The van der Waals surface area contributed by atoms with Crippen molar-refractivity contribution in [3.63, 3.8) is 0 Å². The molecule has 5 aliphatic carbocycles. The van der Waals surface area contributed by atoms with Crippen molar-refractivity contribution in [2.75, 3.05) is 6.54 Å². The highest BCUT2D eigenvalue weighted by Crippen LogP contribution is 2.61. The second kappa shape index (κ2) is 6.95. The number of hydrogen-bond donors (Lipinski definition) is 2. The van der Waals surface area contributed by atoms with Crippen LogP contribution in [0.2, 0.25) is 0 Å². The summed E-state index contributed by atoms with van der Waals surface area (Å²) in [5.41, 5.74) is -0.637. The van der Waals surface area contributed by atoms with Gasteiger partial charge in [0.05, 0.1) is 0 Å². The molecule has 0 unspecified atom stereocenters. The fourth-order valence-corrected chi connectivity index (χ4v) is 8.94. The molecule has 172 valence electrons. The summed E-state index contributed by atoms with van der Waals surface area (Å²) < 4.78 is 0. The van der Waals surface area contributed by atoms with Gasteiger partial charge in [-0.25, -0.2) is 4.79 Å². The largest absolute Gasteiger partial charge is 0.352 e. The van der Waals surface area contributed by atoms with Gasteiger partial charge < -0.3 is 10.6 Å². The number of hydrogen-bond acceptors (Lipinski definition) is 3. The highest BCUT2D eigenvalue weighted by Gasteiger charge is 2.57. The van der Waals surface area contributed by atoms with Crippen LogP contribution < -0.4 is 10.6 Å². The molecular weight excluding hydrogens is 390 g/mol. The molecule has 5 saturated carbocycles. The number of urea groups is 1. The van der Waals surface area contributed by atoms with Gasteiger partial charge >= 0.3 is 6.03 Å². The number of nitrogens with one attached hydrogen (secondary N) is 2. The second-order valence-electron chi connectivity index (χ2n) is 12.8. The Morgan fingerprint density at radius 2 is 1.65 bits per heavy atom. The molecule has 1 aliphatic heterocycles. The Labute approximate surface area is 186 Å². The minimum atomic E-state index is -0.843. The normalized spacial score (nSPS) is 43.9. The first-order chi connectivity index (χ1) is 14.5. The Morgan fingerprint density at radius 1 is 1.06 bits per heavy atom. The van der Waals surface area contributed by atoms with Crippen LogP contribution in [0.25, 0.3) is 0 Å². The number of nitrogens with zero attached hydrogens (tertiary/aromatic N) is 1. The van der Waals surface area contributed by atoms with Crippen molar-refractivity contribution in [3.05, 3.63) is 0 Å².